The molecule has 154 valence electrons. The second kappa shape index (κ2) is 7.74. The molecule has 0 aliphatic heterocycles. The average molecular weight is 402 g/mol. The lowest BCUT2D eigenvalue weighted by molar-refractivity contribution is -0.153. The molecule has 4 saturated carbocycles. The van der Waals surface area contributed by atoms with Crippen LogP contribution in [0.4, 0.5) is 8.78 Å². The number of carbonyl (C=O) groups excluding carboxylic acids is 2. The van der Waals surface area contributed by atoms with E-state index in [2.05, 4.69) is 6.07 Å². The van der Waals surface area contributed by atoms with E-state index in [1.54, 1.807) is 4.90 Å². The van der Waals surface area contributed by atoms with Gasteiger partial charge in [-0.05, 0) is 68.4 Å². The Labute approximate surface area is 168 Å². The Kier molecular flexibility index (Phi) is 5.28. The van der Waals surface area contributed by atoms with Gasteiger partial charge in [0.1, 0.15) is 11.6 Å². The smallest absolute Gasteiger partial charge is 0.338 e. The summed E-state index contributed by atoms with van der Waals surface area (Å²) in [4.78, 5) is 26.9. The largest absolute Gasteiger partial charge is 0.452 e. The highest BCUT2D eigenvalue weighted by Gasteiger charge is 2.54. The Morgan fingerprint density at radius 2 is 1.62 bits per heavy atom. The van der Waals surface area contributed by atoms with Gasteiger partial charge in [-0.3, -0.25) is 4.79 Å². The number of hydrogen-bond donors (Lipinski definition) is 0. The van der Waals surface area contributed by atoms with Crippen LogP contribution in [0.5, 0.6) is 0 Å². The van der Waals surface area contributed by atoms with Gasteiger partial charge in [-0.25, -0.2) is 13.6 Å². The lowest BCUT2D eigenvalue weighted by atomic mass is 9.52. The van der Waals surface area contributed by atoms with E-state index in [0.29, 0.717) is 30.4 Å². The fraction of sp³-hybridized carbons (Fsp3) is 0.591. The molecule has 5 rings (SSSR count). The van der Waals surface area contributed by atoms with E-state index in [0.717, 1.165) is 31.4 Å². The SMILES string of the molecule is N#CCCN(C(=O)COC(=O)c1cc(F)cc(F)c1)C12CC3CC(CC(C3)C1)C2. The summed E-state index contributed by atoms with van der Waals surface area (Å²) in [6.45, 7) is -0.183. The maximum Gasteiger partial charge on any atom is 0.338 e. The molecular formula is C22H24F2N2O3. The fourth-order valence-corrected chi connectivity index (χ4v) is 6.14. The van der Waals surface area contributed by atoms with Gasteiger partial charge in [0.15, 0.2) is 6.61 Å². The molecule has 0 heterocycles. The van der Waals surface area contributed by atoms with Crippen LogP contribution in [0.2, 0.25) is 0 Å². The number of hydrogen-bond acceptors (Lipinski definition) is 4. The van der Waals surface area contributed by atoms with Crippen LogP contribution in [0, 0.1) is 40.7 Å². The maximum absolute atomic E-state index is 13.3. The molecule has 1 aromatic rings. The number of amides is 1. The van der Waals surface area contributed by atoms with Gasteiger partial charge in [0.25, 0.3) is 5.91 Å². The number of halogens is 2. The normalized spacial score (nSPS) is 29.3. The Morgan fingerprint density at radius 3 is 2.14 bits per heavy atom. The lowest BCUT2D eigenvalue weighted by Crippen LogP contribution is -2.62. The quantitative estimate of drug-likeness (QED) is 0.678. The highest BCUT2D eigenvalue weighted by molar-refractivity contribution is 5.91. The van der Waals surface area contributed by atoms with Gasteiger partial charge >= 0.3 is 5.97 Å². The third kappa shape index (κ3) is 3.98. The number of benzene rings is 1. The molecule has 4 aliphatic carbocycles. The minimum absolute atomic E-state index is 0.219. The predicted molar refractivity (Wildman–Crippen MR) is 99.5 cm³/mol. The van der Waals surface area contributed by atoms with E-state index in [4.69, 9.17) is 10.00 Å². The van der Waals surface area contributed by atoms with Crippen molar-refractivity contribution >= 4 is 11.9 Å². The molecule has 4 fully saturated rings. The minimum Gasteiger partial charge on any atom is -0.452 e. The van der Waals surface area contributed by atoms with Crippen molar-refractivity contribution in [1.29, 1.82) is 5.26 Å². The molecule has 0 N–H and O–H groups in total. The lowest BCUT2D eigenvalue weighted by Gasteiger charge is -2.60. The summed E-state index contributed by atoms with van der Waals surface area (Å²) in [6, 6.07) is 4.52. The Morgan fingerprint density at radius 1 is 1.07 bits per heavy atom. The van der Waals surface area contributed by atoms with Crippen molar-refractivity contribution in [1.82, 2.24) is 4.90 Å². The van der Waals surface area contributed by atoms with Crippen LogP contribution in [-0.4, -0.2) is 35.5 Å². The van der Waals surface area contributed by atoms with E-state index < -0.39 is 24.2 Å². The number of nitriles is 1. The standard InChI is InChI=1S/C22H24F2N2O3/c23-18-7-17(8-19(24)9-18)21(28)29-13-20(27)26(3-1-2-25)22-10-14-4-15(11-22)6-16(5-14)12-22/h7-9,14-16H,1,3-6,10-13H2. The minimum atomic E-state index is -0.942. The third-order valence-corrected chi connectivity index (χ3v) is 6.75. The summed E-state index contributed by atoms with van der Waals surface area (Å²) in [5, 5.41) is 9.05. The van der Waals surface area contributed by atoms with Crippen LogP contribution in [0.1, 0.15) is 55.3 Å². The van der Waals surface area contributed by atoms with Crippen LogP contribution < -0.4 is 0 Å². The highest BCUT2D eigenvalue weighted by Crippen LogP contribution is 2.57. The second-order valence-corrected chi connectivity index (χ2v) is 8.83. The van der Waals surface area contributed by atoms with Crippen molar-refractivity contribution in [3.05, 3.63) is 35.4 Å². The molecule has 5 nitrogen and oxygen atoms in total. The monoisotopic (exact) mass is 402 g/mol. The van der Waals surface area contributed by atoms with Crippen molar-refractivity contribution in [3.63, 3.8) is 0 Å². The van der Waals surface area contributed by atoms with E-state index in [1.165, 1.54) is 19.3 Å². The van der Waals surface area contributed by atoms with Crippen LogP contribution in [0.25, 0.3) is 0 Å². The highest BCUT2D eigenvalue weighted by atomic mass is 19.1. The van der Waals surface area contributed by atoms with Crippen molar-refractivity contribution in [2.75, 3.05) is 13.2 Å². The van der Waals surface area contributed by atoms with E-state index in [-0.39, 0.29) is 23.4 Å². The number of rotatable bonds is 6. The molecule has 29 heavy (non-hydrogen) atoms. The first-order valence-corrected chi connectivity index (χ1v) is 10.2. The topological polar surface area (TPSA) is 70.4 Å². The average Bonchev–Trinajstić information content (AvgIpc) is 2.64. The summed E-state index contributed by atoms with van der Waals surface area (Å²) in [5.74, 6) is -1.18. The van der Waals surface area contributed by atoms with Crippen LogP contribution in [0.15, 0.2) is 18.2 Å². The number of esters is 1. The fourth-order valence-electron chi connectivity index (χ4n) is 6.14. The molecule has 0 radical (unpaired) electrons. The van der Waals surface area contributed by atoms with Gasteiger partial charge in [-0.2, -0.15) is 5.26 Å². The molecular weight excluding hydrogens is 378 g/mol. The van der Waals surface area contributed by atoms with Gasteiger partial charge in [0, 0.05) is 18.2 Å². The summed E-state index contributed by atoms with van der Waals surface area (Å²) < 4.78 is 31.7. The van der Waals surface area contributed by atoms with Gasteiger partial charge < -0.3 is 9.64 Å². The van der Waals surface area contributed by atoms with E-state index in [9.17, 15) is 18.4 Å². The summed E-state index contributed by atoms with van der Waals surface area (Å²) in [5.41, 5.74) is -0.520. The van der Waals surface area contributed by atoms with Crippen molar-refractivity contribution in [2.24, 2.45) is 17.8 Å². The molecule has 0 spiro atoms. The summed E-state index contributed by atoms with van der Waals surface area (Å²) in [6.07, 6.45) is 6.72. The van der Waals surface area contributed by atoms with Gasteiger partial charge in [-0.1, -0.05) is 0 Å². The molecule has 1 aromatic carbocycles. The summed E-state index contributed by atoms with van der Waals surface area (Å²) >= 11 is 0. The maximum atomic E-state index is 13.3. The number of ether oxygens (including phenoxy) is 1. The van der Waals surface area contributed by atoms with Gasteiger partial charge in [-0.15, -0.1) is 0 Å². The number of carbonyl (C=O) groups is 2. The van der Waals surface area contributed by atoms with E-state index >= 15 is 0 Å². The molecule has 4 aliphatic rings. The Hall–Kier alpha value is -2.49. The first-order chi connectivity index (χ1) is 13.9. The molecule has 0 saturated heterocycles. The number of nitrogens with zero attached hydrogens (tertiary/aromatic N) is 2. The van der Waals surface area contributed by atoms with Crippen molar-refractivity contribution in [3.8, 4) is 6.07 Å². The van der Waals surface area contributed by atoms with E-state index in [1.807, 2.05) is 0 Å². The van der Waals surface area contributed by atoms with Crippen LogP contribution in [0.3, 0.4) is 0 Å². The zero-order valence-electron chi connectivity index (χ0n) is 16.2. The third-order valence-electron chi connectivity index (χ3n) is 6.75. The van der Waals surface area contributed by atoms with Crippen LogP contribution >= 0.6 is 0 Å². The molecule has 0 aromatic heterocycles. The Balaban J connectivity index is 1.47. The van der Waals surface area contributed by atoms with Crippen LogP contribution in [-0.2, 0) is 9.53 Å². The van der Waals surface area contributed by atoms with Crippen molar-refractivity contribution in [2.45, 2.75) is 50.5 Å². The summed E-state index contributed by atoms with van der Waals surface area (Å²) in [7, 11) is 0. The predicted octanol–water partition coefficient (Wildman–Crippen LogP) is 3.83. The van der Waals surface area contributed by atoms with Gasteiger partial charge in [0.05, 0.1) is 18.1 Å². The van der Waals surface area contributed by atoms with Gasteiger partial charge in [0.2, 0.25) is 0 Å². The van der Waals surface area contributed by atoms with Crippen molar-refractivity contribution < 1.29 is 23.1 Å². The molecule has 0 unspecified atom stereocenters. The molecule has 4 bridgehead atoms. The zero-order chi connectivity index (χ0) is 20.6. The molecule has 0 atom stereocenters. The first kappa shape index (κ1) is 19.8. The zero-order valence-corrected chi connectivity index (χ0v) is 16.2. The second-order valence-electron chi connectivity index (χ2n) is 8.83. The Bertz CT molecular complexity index is 809. The first-order valence-electron chi connectivity index (χ1n) is 10.2. The molecule has 7 heteroatoms. The molecule has 1 amide bonds.